The molecule has 6 nitrogen and oxygen atoms in total. The molecule has 0 saturated heterocycles. The highest BCUT2D eigenvalue weighted by Gasteiger charge is 2.12. The predicted molar refractivity (Wildman–Crippen MR) is 135 cm³/mol. The second-order valence-corrected chi connectivity index (χ2v) is 8.30. The number of anilines is 2. The van der Waals surface area contributed by atoms with E-state index in [9.17, 15) is 14.9 Å². The number of ether oxygens (including phenoxy) is 1. The Kier molecular flexibility index (Phi) is 8.31. The monoisotopic (exact) mass is 493 g/mol. The number of nitrogens with one attached hydrogen (secondary N) is 2. The first kappa shape index (κ1) is 24.8. The summed E-state index contributed by atoms with van der Waals surface area (Å²) in [4.78, 5) is 24.8. The zero-order valence-electron chi connectivity index (χ0n) is 18.5. The molecule has 34 heavy (non-hydrogen) atoms. The molecule has 0 fully saturated rings. The van der Waals surface area contributed by atoms with Gasteiger partial charge in [-0.2, -0.15) is 5.26 Å². The maximum Gasteiger partial charge on any atom is 0.266 e. The van der Waals surface area contributed by atoms with Crippen molar-refractivity contribution in [2.75, 3.05) is 17.2 Å². The third kappa shape index (κ3) is 6.85. The van der Waals surface area contributed by atoms with Crippen LogP contribution in [0.15, 0.2) is 66.2 Å². The van der Waals surface area contributed by atoms with Gasteiger partial charge in [0.25, 0.3) is 11.8 Å². The molecule has 0 aliphatic carbocycles. The van der Waals surface area contributed by atoms with Gasteiger partial charge >= 0.3 is 0 Å². The third-order valence-corrected chi connectivity index (χ3v) is 5.42. The van der Waals surface area contributed by atoms with E-state index in [-0.39, 0.29) is 23.1 Å². The zero-order valence-corrected chi connectivity index (χ0v) is 20.0. The Balaban J connectivity index is 1.64. The minimum absolute atomic E-state index is 0.129. The molecule has 0 bridgehead atoms. The average molecular weight is 494 g/mol. The van der Waals surface area contributed by atoms with Crippen molar-refractivity contribution in [2.45, 2.75) is 13.8 Å². The number of nitrogens with zero attached hydrogens (tertiary/aromatic N) is 1. The first-order chi connectivity index (χ1) is 16.2. The van der Waals surface area contributed by atoms with E-state index in [0.29, 0.717) is 27.7 Å². The molecule has 8 heteroatoms. The summed E-state index contributed by atoms with van der Waals surface area (Å²) in [6.07, 6.45) is 1.42. The summed E-state index contributed by atoms with van der Waals surface area (Å²) in [6.45, 7) is 3.78. The maximum absolute atomic E-state index is 12.5. The van der Waals surface area contributed by atoms with Crippen molar-refractivity contribution in [3.63, 3.8) is 0 Å². The number of amides is 2. The number of carbonyl (C=O) groups is 2. The lowest BCUT2D eigenvalue weighted by Crippen LogP contribution is -2.20. The summed E-state index contributed by atoms with van der Waals surface area (Å²) >= 11 is 11.9. The Hall–Kier alpha value is -3.79. The van der Waals surface area contributed by atoms with Gasteiger partial charge in [-0.05, 0) is 79.1 Å². The van der Waals surface area contributed by atoms with Crippen molar-refractivity contribution in [3.05, 3.63) is 93.0 Å². The summed E-state index contributed by atoms with van der Waals surface area (Å²) in [5.41, 5.74) is 3.68. The first-order valence-corrected chi connectivity index (χ1v) is 11.0. The molecule has 0 atom stereocenters. The summed E-state index contributed by atoms with van der Waals surface area (Å²) in [7, 11) is 0. The van der Waals surface area contributed by atoms with Crippen LogP contribution < -0.4 is 15.4 Å². The highest BCUT2D eigenvalue weighted by atomic mass is 35.5. The van der Waals surface area contributed by atoms with Crippen LogP contribution in [0.25, 0.3) is 6.08 Å². The molecule has 0 radical (unpaired) electrons. The van der Waals surface area contributed by atoms with E-state index >= 15 is 0 Å². The molecule has 3 rings (SSSR count). The van der Waals surface area contributed by atoms with Crippen molar-refractivity contribution < 1.29 is 14.3 Å². The van der Waals surface area contributed by atoms with Crippen molar-refractivity contribution in [1.29, 1.82) is 5.26 Å². The molecule has 3 aromatic carbocycles. The van der Waals surface area contributed by atoms with Crippen molar-refractivity contribution in [1.82, 2.24) is 0 Å². The van der Waals surface area contributed by atoms with Gasteiger partial charge in [-0.25, -0.2) is 0 Å². The second-order valence-electron chi connectivity index (χ2n) is 7.46. The van der Waals surface area contributed by atoms with Gasteiger partial charge < -0.3 is 15.4 Å². The van der Waals surface area contributed by atoms with Gasteiger partial charge in [-0.15, -0.1) is 0 Å². The van der Waals surface area contributed by atoms with Crippen LogP contribution in [0, 0.1) is 25.2 Å². The number of hydrogen-bond acceptors (Lipinski definition) is 4. The van der Waals surface area contributed by atoms with E-state index in [1.165, 1.54) is 12.1 Å². The van der Waals surface area contributed by atoms with Crippen LogP contribution in [0.4, 0.5) is 11.4 Å². The number of hydrogen-bond donors (Lipinski definition) is 2. The van der Waals surface area contributed by atoms with Gasteiger partial charge in [-0.1, -0.05) is 41.4 Å². The van der Waals surface area contributed by atoms with E-state index in [0.717, 1.165) is 11.1 Å². The SMILES string of the molecule is Cc1ccc(NC(=O)COc2cccc(C=C(C#N)C(=O)Nc3ccc(Cl)cc3Cl)c2)cc1C. The first-order valence-electron chi connectivity index (χ1n) is 10.2. The lowest BCUT2D eigenvalue weighted by molar-refractivity contribution is -0.118. The molecular formula is C26H21Cl2N3O3. The predicted octanol–water partition coefficient (Wildman–Crippen LogP) is 6.17. The topological polar surface area (TPSA) is 91.2 Å². The minimum Gasteiger partial charge on any atom is -0.484 e. The van der Waals surface area contributed by atoms with Crippen LogP contribution in [-0.4, -0.2) is 18.4 Å². The van der Waals surface area contributed by atoms with Crippen molar-refractivity contribution >= 4 is 52.5 Å². The van der Waals surface area contributed by atoms with Gasteiger partial charge in [0.2, 0.25) is 0 Å². The quantitative estimate of drug-likeness (QED) is 0.304. The molecule has 0 heterocycles. The molecule has 0 aliphatic rings. The average Bonchev–Trinajstić information content (AvgIpc) is 2.80. The molecule has 0 aromatic heterocycles. The lowest BCUT2D eigenvalue weighted by Gasteiger charge is -2.10. The Morgan fingerprint density at radius 2 is 1.79 bits per heavy atom. The van der Waals surface area contributed by atoms with E-state index in [4.69, 9.17) is 27.9 Å². The van der Waals surface area contributed by atoms with Gasteiger partial charge in [0.15, 0.2) is 6.61 Å². The largest absolute Gasteiger partial charge is 0.484 e. The number of rotatable bonds is 7. The van der Waals surface area contributed by atoms with E-state index in [1.807, 2.05) is 38.1 Å². The Labute approximate surface area is 207 Å². The number of nitriles is 1. The number of benzene rings is 3. The van der Waals surface area contributed by atoms with E-state index in [1.54, 1.807) is 36.4 Å². The smallest absolute Gasteiger partial charge is 0.266 e. The number of carbonyl (C=O) groups excluding carboxylic acids is 2. The molecule has 2 amide bonds. The fourth-order valence-corrected chi connectivity index (χ4v) is 3.41. The highest BCUT2D eigenvalue weighted by Crippen LogP contribution is 2.26. The van der Waals surface area contributed by atoms with Crippen LogP contribution in [0.2, 0.25) is 10.0 Å². The standard InChI is InChI=1S/C26H21Cl2N3O3/c1-16-6-8-21(10-17(16)2)30-25(32)15-34-22-5-3-4-18(12-22)11-19(14-29)26(33)31-24-9-7-20(27)13-23(24)28/h3-13H,15H2,1-2H3,(H,30,32)(H,31,33). The Bertz CT molecular complexity index is 1310. The summed E-state index contributed by atoms with van der Waals surface area (Å²) < 4.78 is 5.58. The summed E-state index contributed by atoms with van der Waals surface area (Å²) in [5, 5.41) is 15.5. The Morgan fingerprint density at radius 1 is 1.00 bits per heavy atom. The molecular weight excluding hydrogens is 473 g/mol. The lowest BCUT2D eigenvalue weighted by atomic mass is 10.1. The third-order valence-electron chi connectivity index (χ3n) is 4.87. The van der Waals surface area contributed by atoms with E-state index in [2.05, 4.69) is 10.6 Å². The van der Waals surface area contributed by atoms with Gasteiger partial charge in [0.05, 0.1) is 10.7 Å². The Morgan fingerprint density at radius 3 is 2.50 bits per heavy atom. The van der Waals surface area contributed by atoms with E-state index < -0.39 is 5.91 Å². The maximum atomic E-state index is 12.5. The van der Waals surface area contributed by atoms with Crippen LogP contribution >= 0.6 is 23.2 Å². The van der Waals surface area contributed by atoms with Crippen molar-refractivity contribution in [3.8, 4) is 11.8 Å². The highest BCUT2D eigenvalue weighted by molar-refractivity contribution is 6.36. The van der Waals surface area contributed by atoms with Gasteiger partial charge in [-0.3, -0.25) is 9.59 Å². The number of aryl methyl sites for hydroxylation is 2. The summed E-state index contributed by atoms with van der Waals surface area (Å²) in [6, 6.07) is 18.9. The van der Waals surface area contributed by atoms with Gasteiger partial charge in [0, 0.05) is 10.7 Å². The fourth-order valence-electron chi connectivity index (χ4n) is 2.96. The summed E-state index contributed by atoms with van der Waals surface area (Å²) in [5.74, 6) is -0.505. The van der Waals surface area contributed by atoms with Crippen LogP contribution in [0.5, 0.6) is 5.75 Å². The van der Waals surface area contributed by atoms with Crippen molar-refractivity contribution in [2.24, 2.45) is 0 Å². The van der Waals surface area contributed by atoms with Crippen LogP contribution in [-0.2, 0) is 9.59 Å². The van der Waals surface area contributed by atoms with Crippen LogP contribution in [0.1, 0.15) is 16.7 Å². The molecule has 3 aromatic rings. The molecule has 0 unspecified atom stereocenters. The second kappa shape index (κ2) is 11.4. The molecule has 172 valence electrons. The molecule has 0 aliphatic heterocycles. The minimum atomic E-state index is -0.620. The fraction of sp³-hybridized carbons (Fsp3) is 0.115. The van der Waals surface area contributed by atoms with Gasteiger partial charge in [0.1, 0.15) is 17.4 Å². The molecule has 0 saturated carbocycles. The number of halogens is 2. The zero-order chi connectivity index (χ0) is 24.7. The normalized spacial score (nSPS) is 10.9. The van der Waals surface area contributed by atoms with Crippen LogP contribution in [0.3, 0.4) is 0 Å². The molecule has 2 N–H and O–H groups in total. The molecule has 0 spiro atoms.